The summed E-state index contributed by atoms with van der Waals surface area (Å²) in [5.74, 6) is 0.332. The monoisotopic (exact) mass is 275 g/mol. The van der Waals surface area contributed by atoms with Crippen LogP contribution in [0, 0.1) is 0 Å². The van der Waals surface area contributed by atoms with Gasteiger partial charge in [0.05, 0.1) is 11.7 Å². The molecule has 1 amide bonds. The van der Waals surface area contributed by atoms with Gasteiger partial charge in [0.15, 0.2) is 6.29 Å². The van der Waals surface area contributed by atoms with Crippen LogP contribution < -0.4 is 4.74 Å². The van der Waals surface area contributed by atoms with Crippen molar-refractivity contribution in [3.05, 3.63) is 29.3 Å². The summed E-state index contributed by atoms with van der Waals surface area (Å²) >= 11 is 0. The second-order valence-electron chi connectivity index (χ2n) is 5.42. The van der Waals surface area contributed by atoms with Gasteiger partial charge in [0.1, 0.15) is 5.75 Å². The van der Waals surface area contributed by atoms with E-state index < -0.39 is 0 Å². The van der Waals surface area contributed by atoms with Gasteiger partial charge in [-0.2, -0.15) is 0 Å². The predicted octanol–water partition coefficient (Wildman–Crippen LogP) is 2.91. The maximum absolute atomic E-state index is 12.3. The van der Waals surface area contributed by atoms with E-state index in [1.165, 1.54) is 11.3 Å². The fourth-order valence-electron chi connectivity index (χ4n) is 2.56. The molecule has 0 saturated heterocycles. The molecular weight excluding hydrogens is 254 g/mol. The molecular formula is C16H21NO3. The van der Waals surface area contributed by atoms with Crippen LogP contribution in [0.4, 0.5) is 0 Å². The van der Waals surface area contributed by atoms with Crippen molar-refractivity contribution in [2.75, 3.05) is 14.1 Å². The molecule has 0 aromatic heterocycles. The highest BCUT2D eigenvalue weighted by atomic mass is 16.5. The standard InChI is InChI=1S/C16H21NO3/c1-17(2)16(19)15-12(11-18)7-6-10-14(15)20-13-8-4-3-5-9-13/h6-7,10-11,13H,3-5,8-9H2,1-2H3. The maximum Gasteiger partial charge on any atom is 0.257 e. The number of amides is 1. The summed E-state index contributed by atoms with van der Waals surface area (Å²) in [5, 5.41) is 0. The van der Waals surface area contributed by atoms with Gasteiger partial charge in [0.25, 0.3) is 5.91 Å². The first-order valence-corrected chi connectivity index (χ1v) is 7.10. The number of benzene rings is 1. The zero-order valence-corrected chi connectivity index (χ0v) is 12.1. The quantitative estimate of drug-likeness (QED) is 0.794. The highest BCUT2D eigenvalue weighted by Gasteiger charge is 2.22. The lowest BCUT2D eigenvalue weighted by atomic mass is 9.97. The Hall–Kier alpha value is -1.84. The average Bonchev–Trinajstić information content (AvgIpc) is 2.47. The molecule has 0 N–H and O–H groups in total. The summed E-state index contributed by atoms with van der Waals surface area (Å²) in [4.78, 5) is 24.9. The Morgan fingerprint density at radius 2 is 1.95 bits per heavy atom. The van der Waals surface area contributed by atoms with Gasteiger partial charge in [0.2, 0.25) is 0 Å². The second-order valence-corrected chi connectivity index (χ2v) is 5.42. The average molecular weight is 275 g/mol. The molecule has 4 nitrogen and oxygen atoms in total. The molecule has 0 bridgehead atoms. The molecule has 0 atom stereocenters. The van der Waals surface area contributed by atoms with Crippen LogP contribution in [0.1, 0.15) is 52.8 Å². The Kier molecular flexibility index (Phi) is 4.77. The van der Waals surface area contributed by atoms with Crippen molar-refractivity contribution >= 4 is 12.2 Å². The lowest BCUT2D eigenvalue weighted by molar-refractivity contribution is 0.0812. The van der Waals surface area contributed by atoms with Crippen LogP contribution in [0.3, 0.4) is 0 Å². The van der Waals surface area contributed by atoms with E-state index in [1.54, 1.807) is 32.3 Å². The summed E-state index contributed by atoms with van der Waals surface area (Å²) in [6.07, 6.45) is 6.47. The molecule has 1 aliphatic carbocycles. The number of rotatable bonds is 4. The van der Waals surface area contributed by atoms with Crippen molar-refractivity contribution in [1.29, 1.82) is 0 Å². The zero-order valence-electron chi connectivity index (χ0n) is 12.1. The minimum absolute atomic E-state index is 0.152. The van der Waals surface area contributed by atoms with Crippen molar-refractivity contribution in [3.8, 4) is 5.75 Å². The molecule has 1 fully saturated rings. The summed E-state index contributed by atoms with van der Waals surface area (Å²) in [6.45, 7) is 0. The van der Waals surface area contributed by atoms with Crippen molar-refractivity contribution in [3.63, 3.8) is 0 Å². The molecule has 1 saturated carbocycles. The molecule has 4 heteroatoms. The van der Waals surface area contributed by atoms with E-state index in [2.05, 4.69) is 0 Å². The number of aldehydes is 1. The van der Waals surface area contributed by atoms with Crippen LogP contribution in [0.15, 0.2) is 18.2 Å². The fourth-order valence-corrected chi connectivity index (χ4v) is 2.56. The number of hydrogen-bond acceptors (Lipinski definition) is 3. The van der Waals surface area contributed by atoms with Gasteiger partial charge >= 0.3 is 0 Å². The number of hydrogen-bond donors (Lipinski definition) is 0. The number of nitrogens with zero attached hydrogens (tertiary/aromatic N) is 1. The first-order chi connectivity index (χ1) is 9.63. The van der Waals surface area contributed by atoms with E-state index in [0.29, 0.717) is 23.2 Å². The summed E-state index contributed by atoms with van der Waals surface area (Å²) in [7, 11) is 3.35. The summed E-state index contributed by atoms with van der Waals surface area (Å²) < 4.78 is 5.99. The molecule has 1 aromatic carbocycles. The Bertz CT molecular complexity index is 490. The molecule has 1 aliphatic rings. The van der Waals surface area contributed by atoms with Gasteiger partial charge in [-0.1, -0.05) is 18.6 Å². The molecule has 1 aromatic rings. The maximum atomic E-state index is 12.3. The van der Waals surface area contributed by atoms with E-state index in [0.717, 1.165) is 25.7 Å². The molecule has 0 unspecified atom stereocenters. The minimum atomic E-state index is -0.196. The highest BCUT2D eigenvalue weighted by molar-refractivity contribution is 6.03. The molecule has 0 spiro atoms. The lowest BCUT2D eigenvalue weighted by Crippen LogP contribution is -2.26. The third-order valence-corrected chi connectivity index (χ3v) is 3.65. The van der Waals surface area contributed by atoms with Crippen LogP contribution in [-0.4, -0.2) is 37.3 Å². The molecule has 0 aliphatic heterocycles. The van der Waals surface area contributed by atoms with Crippen LogP contribution >= 0.6 is 0 Å². The topological polar surface area (TPSA) is 46.6 Å². The Labute approximate surface area is 119 Å². The van der Waals surface area contributed by atoms with Crippen LogP contribution in [-0.2, 0) is 0 Å². The Morgan fingerprint density at radius 3 is 2.55 bits per heavy atom. The predicted molar refractivity (Wildman–Crippen MR) is 77.3 cm³/mol. The normalized spacial score (nSPS) is 15.7. The third kappa shape index (κ3) is 3.18. The highest BCUT2D eigenvalue weighted by Crippen LogP contribution is 2.28. The summed E-state index contributed by atoms with van der Waals surface area (Å²) in [6, 6.07) is 5.18. The van der Waals surface area contributed by atoms with Gasteiger partial charge < -0.3 is 9.64 Å². The largest absolute Gasteiger partial charge is 0.490 e. The number of ether oxygens (including phenoxy) is 1. The summed E-state index contributed by atoms with van der Waals surface area (Å²) in [5.41, 5.74) is 0.759. The third-order valence-electron chi connectivity index (χ3n) is 3.65. The van der Waals surface area contributed by atoms with Crippen LogP contribution in [0.2, 0.25) is 0 Å². The Morgan fingerprint density at radius 1 is 1.25 bits per heavy atom. The van der Waals surface area contributed by atoms with Gasteiger partial charge in [-0.25, -0.2) is 0 Å². The van der Waals surface area contributed by atoms with Gasteiger partial charge in [0, 0.05) is 19.7 Å². The van der Waals surface area contributed by atoms with Gasteiger partial charge in [-0.15, -0.1) is 0 Å². The van der Waals surface area contributed by atoms with E-state index in [1.807, 2.05) is 0 Å². The molecule has 20 heavy (non-hydrogen) atoms. The fraction of sp³-hybridized carbons (Fsp3) is 0.500. The van der Waals surface area contributed by atoms with Crippen molar-refractivity contribution in [2.24, 2.45) is 0 Å². The van der Waals surface area contributed by atoms with E-state index in [-0.39, 0.29) is 12.0 Å². The molecule has 108 valence electrons. The first-order valence-electron chi connectivity index (χ1n) is 7.10. The van der Waals surface area contributed by atoms with E-state index in [4.69, 9.17) is 4.74 Å². The number of carbonyl (C=O) groups excluding carboxylic acids is 2. The zero-order chi connectivity index (χ0) is 14.5. The first kappa shape index (κ1) is 14.6. The van der Waals surface area contributed by atoms with E-state index in [9.17, 15) is 9.59 Å². The number of carbonyl (C=O) groups is 2. The van der Waals surface area contributed by atoms with Crippen LogP contribution in [0.5, 0.6) is 5.75 Å². The smallest absolute Gasteiger partial charge is 0.257 e. The minimum Gasteiger partial charge on any atom is -0.490 e. The SMILES string of the molecule is CN(C)C(=O)c1c(C=O)cccc1OC1CCCCC1. The van der Waals surface area contributed by atoms with Crippen LogP contribution in [0.25, 0.3) is 0 Å². The lowest BCUT2D eigenvalue weighted by Gasteiger charge is -2.25. The van der Waals surface area contributed by atoms with Gasteiger partial charge in [-0.05, 0) is 31.7 Å². The Balaban J connectivity index is 2.31. The molecule has 2 rings (SSSR count). The van der Waals surface area contributed by atoms with Crippen molar-refractivity contribution in [2.45, 2.75) is 38.2 Å². The van der Waals surface area contributed by atoms with E-state index >= 15 is 0 Å². The van der Waals surface area contributed by atoms with Crippen molar-refractivity contribution < 1.29 is 14.3 Å². The second kappa shape index (κ2) is 6.55. The molecule has 0 heterocycles. The van der Waals surface area contributed by atoms with Gasteiger partial charge in [-0.3, -0.25) is 9.59 Å². The molecule has 0 radical (unpaired) electrons. The van der Waals surface area contributed by atoms with Crippen molar-refractivity contribution in [1.82, 2.24) is 4.90 Å².